The number of fused-ring (bicyclic) bond motifs is 1. The van der Waals surface area contributed by atoms with Gasteiger partial charge in [-0.1, -0.05) is 115 Å². The first-order valence-electron chi connectivity index (χ1n) is 12.7. The molecule has 1 heteroatoms. The summed E-state index contributed by atoms with van der Waals surface area (Å²) in [6.45, 7) is 2.13. The van der Waals surface area contributed by atoms with Gasteiger partial charge in [0.1, 0.15) is 0 Å². The number of hydrogen-bond acceptors (Lipinski definition) is 1. The number of benzene rings is 5. The molecule has 0 N–H and O–H groups in total. The van der Waals surface area contributed by atoms with Crippen LogP contribution in [0.1, 0.15) is 24.0 Å². The molecule has 1 aliphatic carbocycles. The predicted molar refractivity (Wildman–Crippen MR) is 154 cm³/mol. The lowest BCUT2D eigenvalue weighted by atomic mass is 9.94. The highest BCUT2D eigenvalue weighted by Gasteiger charge is 2.19. The summed E-state index contributed by atoms with van der Waals surface area (Å²) < 4.78 is 0. The Kier molecular flexibility index (Phi) is 5.97. The van der Waals surface area contributed by atoms with Crippen LogP contribution in [0.2, 0.25) is 0 Å². The van der Waals surface area contributed by atoms with Crippen molar-refractivity contribution in [3.8, 4) is 11.1 Å². The molecular weight excluding hydrogens is 434 g/mol. The van der Waals surface area contributed by atoms with Crippen molar-refractivity contribution in [2.24, 2.45) is 0 Å². The molecule has 0 aliphatic heterocycles. The quantitative estimate of drug-likeness (QED) is 0.251. The summed E-state index contributed by atoms with van der Waals surface area (Å²) in [4.78, 5) is 2.44. The van der Waals surface area contributed by atoms with Crippen LogP contribution < -0.4 is 4.90 Å². The first-order chi connectivity index (χ1) is 17.8. The fourth-order valence-corrected chi connectivity index (χ4v) is 5.12. The Bertz CT molecular complexity index is 1550. The van der Waals surface area contributed by atoms with Crippen molar-refractivity contribution in [3.63, 3.8) is 0 Å². The summed E-state index contributed by atoms with van der Waals surface area (Å²) in [5.41, 5.74) is 10.2. The molecule has 174 valence electrons. The van der Waals surface area contributed by atoms with Gasteiger partial charge in [-0.3, -0.25) is 0 Å². The highest BCUT2D eigenvalue weighted by molar-refractivity contribution is 5.97. The molecule has 0 amide bonds. The van der Waals surface area contributed by atoms with E-state index in [2.05, 4.69) is 145 Å². The summed E-state index contributed by atoms with van der Waals surface area (Å²) in [6, 6.07) is 43.8. The molecule has 5 aromatic carbocycles. The van der Waals surface area contributed by atoms with Gasteiger partial charge < -0.3 is 4.90 Å². The summed E-state index contributed by atoms with van der Waals surface area (Å²) >= 11 is 0. The Labute approximate surface area is 213 Å². The first kappa shape index (κ1) is 22.1. The van der Waals surface area contributed by atoms with Crippen LogP contribution in [-0.2, 0) is 0 Å². The molecular formula is C35H29N. The SMILES string of the molecule is Cc1ccc(-c2ccc(N(C3=CC=C(c4ccccc4)CC3)c3cccc4ccccc34)cc2)cc1. The van der Waals surface area contributed by atoms with Gasteiger partial charge in [0.15, 0.2) is 0 Å². The van der Waals surface area contributed by atoms with Crippen LogP contribution in [0, 0.1) is 6.92 Å². The van der Waals surface area contributed by atoms with Crippen LogP contribution in [0.25, 0.3) is 27.5 Å². The van der Waals surface area contributed by atoms with Gasteiger partial charge in [-0.05, 0) is 71.7 Å². The number of aryl methyl sites for hydroxylation is 1. The highest BCUT2D eigenvalue weighted by atomic mass is 15.1. The fourth-order valence-electron chi connectivity index (χ4n) is 5.12. The van der Waals surface area contributed by atoms with Crippen LogP contribution in [0.15, 0.2) is 139 Å². The van der Waals surface area contributed by atoms with E-state index in [-0.39, 0.29) is 0 Å². The number of rotatable bonds is 5. The minimum atomic E-state index is 0.990. The molecule has 6 rings (SSSR count). The third-order valence-electron chi connectivity index (χ3n) is 7.08. The Morgan fingerprint density at radius 3 is 1.92 bits per heavy atom. The average molecular weight is 464 g/mol. The van der Waals surface area contributed by atoms with Crippen molar-refractivity contribution in [2.45, 2.75) is 19.8 Å². The van der Waals surface area contributed by atoms with Gasteiger partial charge >= 0.3 is 0 Å². The Hall–Kier alpha value is -4.36. The van der Waals surface area contributed by atoms with Gasteiger partial charge in [-0.25, -0.2) is 0 Å². The van der Waals surface area contributed by atoms with Gasteiger partial charge in [-0.2, -0.15) is 0 Å². The van der Waals surface area contributed by atoms with Crippen LogP contribution in [0.4, 0.5) is 11.4 Å². The van der Waals surface area contributed by atoms with Gasteiger partial charge in [-0.15, -0.1) is 0 Å². The number of hydrogen-bond donors (Lipinski definition) is 0. The molecule has 5 aromatic rings. The molecule has 0 radical (unpaired) electrons. The van der Waals surface area contributed by atoms with E-state index in [0.717, 1.165) is 12.8 Å². The zero-order chi connectivity index (χ0) is 24.3. The van der Waals surface area contributed by atoms with Crippen LogP contribution >= 0.6 is 0 Å². The largest absolute Gasteiger partial charge is 0.314 e. The third kappa shape index (κ3) is 4.36. The van der Waals surface area contributed by atoms with Crippen LogP contribution in [0.3, 0.4) is 0 Å². The van der Waals surface area contributed by atoms with Gasteiger partial charge in [0.2, 0.25) is 0 Å². The zero-order valence-corrected chi connectivity index (χ0v) is 20.6. The summed E-state index contributed by atoms with van der Waals surface area (Å²) in [5.74, 6) is 0. The van der Waals surface area contributed by atoms with E-state index in [1.54, 1.807) is 0 Å². The van der Waals surface area contributed by atoms with E-state index in [1.807, 2.05) is 0 Å². The molecule has 1 aliphatic rings. The maximum Gasteiger partial charge on any atom is 0.0536 e. The molecule has 0 spiro atoms. The zero-order valence-electron chi connectivity index (χ0n) is 20.6. The van der Waals surface area contributed by atoms with E-state index in [0.29, 0.717) is 0 Å². The highest BCUT2D eigenvalue weighted by Crippen LogP contribution is 2.40. The molecule has 0 atom stereocenters. The fraction of sp³-hybridized carbons (Fsp3) is 0.0857. The minimum absolute atomic E-state index is 0.990. The van der Waals surface area contributed by atoms with Crippen LogP contribution in [0.5, 0.6) is 0 Å². The van der Waals surface area contributed by atoms with Gasteiger partial charge in [0, 0.05) is 16.8 Å². The maximum absolute atomic E-state index is 2.44. The van der Waals surface area contributed by atoms with E-state index in [9.17, 15) is 0 Å². The molecule has 0 aromatic heterocycles. The molecule has 0 heterocycles. The van der Waals surface area contributed by atoms with E-state index >= 15 is 0 Å². The Balaban J connectivity index is 1.44. The summed E-state index contributed by atoms with van der Waals surface area (Å²) in [7, 11) is 0. The van der Waals surface area contributed by atoms with Crippen molar-refractivity contribution in [1.82, 2.24) is 0 Å². The Morgan fingerprint density at radius 1 is 0.528 bits per heavy atom. The number of allylic oxidation sites excluding steroid dienone is 4. The molecule has 1 nitrogen and oxygen atoms in total. The van der Waals surface area contributed by atoms with Crippen molar-refractivity contribution in [2.75, 3.05) is 4.90 Å². The maximum atomic E-state index is 2.44. The summed E-state index contributed by atoms with van der Waals surface area (Å²) in [6.07, 6.45) is 6.62. The lowest BCUT2D eigenvalue weighted by molar-refractivity contribution is 0.932. The molecule has 36 heavy (non-hydrogen) atoms. The summed E-state index contributed by atoms with van der Waals surface area (Å²) in [5, 5.41) is 2.52. The lowest BCUT2D eigenvalue weighted by Gasteiger charge is -2.31. The van der Waals surface area contributed by atoms with E-state index < -0.39 is 0 Å². The minimum Gasteiger partial charge on any atom is -0.314 e. The van der Waals surface area contributed by atoms with Crippen molar-refractivity contribution < 1.29 is 0 Å². The smallest absolute Gasteiger partial charge is 0.0536 e. The second-order valence-electron chi connectivity index (χ2n) is 9.46. The van der Waals surface area contributed by atoms with Crippen molar-refractivity contribution in [1.29, 1.82) is 0 Å². The van der Waals surface area contributed by atoms with E-state index in [4.69, 9.17) is 0 Å². The average Bonchev–Trinajstić information content (AvgIpc) is 2.95. The van der Waals surface area contributed by atoms with Gasteiger partial charge in [0.25, 0.3) is 0 Å². The molecule has 0 unspecified atom stereocenters. The Morgan fingerprint density at radius 2 is 1.19 bits per heavy atom. The molecule has 0 bridgehead atoms. The third-order valence-corrected chi connectivity index (χ3v) is 7.08. The molecule has 0 saturated carbocycles. The number of anilines is 2. The lowest BCUT2D eigenvalue weighted by Crippen LogP contribution is -2.18. The topological polar surface area (TPSA) is 3.24 Å². The van der Waals surface area contributed by atoms with E-state index in [1.165, 1.54) is 55.7 Å². The first-order valence-corrected chi connectivity index (χ1v) is 12.7. The normalized spacial score (nSPS) is 13.2. The monoisotopic (exact) mass is 463 g/mol. The van der Waals surface area contributed by atoms with Crippen LogP contribution in [-0.4, -0.2) is 0 Å². The van der Waals surface area contributed by atoms with Gasteiger partial charge in [0.05, 0.1) is 5.69 Å². The molecule has 0 fully saturated rings. The van der Waals surface area contributed by atoms with Crippen molar-refractivity contribution in [3.05, 3.63) is 150 Å². The van der Waals surface area contributed by atoms with Crippen molar-refractivity contribution >= 4 is 27.7 Å². The second-order valence-corrected chi connectivity index (χ2v) is 9.46. The second kappa shape index (κ2) is 9.71. The standard InChI is InChI=1S/C35H29N/c1-26-14-16-28(17-15-26)30-20-24-33(25-21-30)36(35-13-7-11-31-10-5-6-12-34(31)35)32-22-18-29(19-23-32)27-8-3-2-4-9-27/h2-18,20-22,24-25H,19,23H2,1H3. The number of nitrogens with zero attached hydrogens (tertiary/aromatic N) is 1. The predicted octanol–water partition coefficient (Wildman–Crippen LogP) is 9.71. The molecule has 0 saturated heterocycles.